The summed E-state index contributed by atoms with van der Waals surface area (Å²) in [6.07, 6.45) is 24.9. The Morgan fingerprint density at radius 2 is 0.969 bits per heavy atom. The highest BCUT2D eigenvalue weighted by Crippen LogP contribution is 2.39. The van der Waals surface area contributed by atoms with Crippen LogP contribution in [0.25, 0.3) is 0 Å². The zero-order chi connectivity index (χ0) is 23.9. The molecular weight excluding hydrogens is 394 g/mol. The second kappa shape index (κ2) is 16.1. The SMILES string of the molecule is CCCCCCCCCCCCCCCCCCCC(=O)N1C(C)(C)CC(O)CC1(C)C. The van der Waals surface area contributed by atoms with Gasteiger partial charge in [0.25, 0.3) is 0 Å². The summed E-state index contributed by atoms with van der Waals surface area (Å²) >= 11 is 0. The van der Waals surface area contributed by atoms with Crippen molar-refractivity contribution in [2.24, 2.45) is 0 Å². The minimum absolute atomic E-state index is 0.257. The summed E-state index contributed by atoms with van der Waals surface area (Å²) in [6, 6.07) is 0. The number of carbonyl (C=O) groups is 1. The lowest BCUT2D eigenvalue weighted by atomic mass is 9.78. The Labute approximate surface area is 201 Å². The molecule has 0 unspecified atom stereocenters. The third kappa shape index (κ3) is 12.1. The molecule has 1 saturated heterocycles. The molecule has 0 aliphatic carbocycles. The highest BCUT2D eigenvalue weighted by atomic mass is 16.3. The molecule has 0 saturated carbocycles. The molecule has 1 aliphatic heterocycles. The molecular formula is C29H57NO2. The van der Waals surface area contributed by atoms with Crippen molar-refractivity contribution in [2.45, 2.75) is 180 Å². The van der Waals surface area contributed by atoms with E-state index in [2.05, 4.69) is 39.5 Å². The summed E-state index contributed by atoms with van der Waals surface area (Å²) in [4.78, 5) is 15.0. The molecule has 190 valence electrons. The molecule has 1 heterocycles. The van der Waals surface area contributed by atoms with Crippen LogP contribution in [0.1, 0.15) is 163 Å². The molecule has 0 atom stereocenters. The predicted molar refractivity (Wildman–Crippen MR) is 139 cm³/mol. The van der Waals surface area contributed by atoms with Gasteiger partial charge in [0, 0.05) is 17.5 Å². The van der Waals surface area contributed by atoms with E-state index >= 15 is 0 Å². The topological polar surface area (TPSA) is 40.5 Å². The first-order valence-corrected chi connectivity index (χ1v) is 14.2. The monoisotopic (exact) mass is 451 g/mol. The maximum atomic E-state index is 12.9. The lowest BCUT2D eigenvalue weighted by Crippen LogP contribution is -2.63. The second-order valence-electron chi connectivity index (χ2n) is 11.8. The molecule has 1 fully saturated rings. The Hall–Kier alpha value is -0.570. The van der Waals surface area contributed by atoms with Gasteiger partial charge in [0.15, 0.2) is 0 Å². The van der Waals surface area contributed by atoms with E-state index < -0.39 is 0 Å². The summed E-state index contributed by atoms with van der Waals surface area (Å²) in [5, 5.41) is 10.2. The number of carbonyl (C=O) groups excluding carboxylic acids is 1. The molecule has 0 aromatic carbocycles. The average Bonchev–Trinajstić information content (AvgIpc) is 2.68. The molecule has 0 aromatic rings. The molecule has 0 aromatic heterocycles. The Morgan fingerprint density at radius 1 is 0.656 bits per heavy atom. The van der Waals surface area contributed by atoms with E-state index in [-0.39, 0.29) is 23.1 Å². The Kier molecular flexibility index (Phi) is 14.8. The van der Waals surface area contributed by atoms with E-state index in [0.29, 0.717) is 19.3 Å². The van der Waals surface area contributed by atoms with Crippen molar-refractivity contribution in [1.82, 2.24) is 4.90 Å². The van der Waals surface area contributed by atoms with Crippen molar-refractivity contribution < 1.29 is 9.90 Å². The maximum Gasteiger partial charge on any atom is 0.223 e. The first-order valence-electron chi connectivity index (χ1n) is 14.2. The number of amides is 1. The van der Waals surface area contributed by atoms with Gasteiger partial charge >= 0.3 is 0 Å². The van der Waals surface area contributed by atoms with E-state index in [9.17, 15) is 9.90 Å². The fourth-order valence-electron chi connectivity index (χ4n) is 6.02. The smallest absolute Gasteiger partial charge is 0.223 e. The zero-order valence-corrected chi connectivity index (χ0v) is 22.5. The summed E-state index contributed by atoms with van der Waals surface area (Å²) < 4.78 is 0. The number of nitrogens with zero attached hydrogens (tertiary/aromatic N) is 1. The third-order valence-electron chi connectivity index (χ3n) is 7.42. The molecule has 1 amide bonds. The number of aliphatic hydroxyl groups excluding tert-OH is 1. The van der Waals surface area contributed by atoms with Crippen LogP contribution in [0.2, 0.25) is 0 Å². The Morgan fingerprint density at radius 3 is 1.31 bits per heavy atom. The molecule has 32 heavy (non-hydrogen) atoms. The number of likely N-dealkylation sites (tertiary alicyclic amines) is 1. The highest BCUT2D eigenvalue weighted by Gasteiger charge is 2.46. The van der Waals surface area contributed by atoms with E-state index in [1.54, 1.807) is 0 Å². The van der Waals surface area contributed by atoms with E-state index in [4.69, 9.17) is 0 Å². The molecule has 3 nitrogen and oxygen atoms in total. The van der Waals surface area contributed by atoms with Crippen molar-refractivity contribution >= 4 is 5.91 Å². The van der Waals surface area contributed by atoms with Crippen LogP contribution in [0.5, 0.6) is 0 Å². The van der Waals surface area contributed by atoms with Gasteiger partial charge < -0.3 is 10.0 Å². The lowest BCUT2D eigenvalue weighted by Gasteiger charge is -2.54. The standard InChI is InChI=1S/C29H57NO2/c1-6-7-8-9-10-11-12-13-14-15-16-17-18-19-20-21-22-23-27(32)30-28(2,3)24-26(31)25-29(30,4)5/h26,31H,6-25H2,1-5H3. The predicted octanol–water partition coefficient (Wildman–Crippen LogP) is 8.57. The van der Waals surface area contributed by atoms with Crippen molar-refractivity contribution in [2.75, 3.05) is 0 Å². The van der Waals surface area contributed by atoms with Crippen LogP contribution in [-0.4, -0.2) is 33.1 Å². The summed E-state index contributed by atoms with van der Waals surface area (Å²) in [7, 11) is 0. The van der Waals surface area contributed by atoms with Crippen molar-refractivity contribution in [3.05, 3.63) is 0 Å². The van der Waals surface area contributed by atoms with Crippen LogP contribution in [0.15, 0.2) is 0 Å². The quantitative estimate of drug-likeness (QED) is 0.212. The van der Waals surface area contributed by atoms with Gasteiger partial charge in [-0.2, -0.15) is 0 Å². The average molecular weight is 452 g/mol. The van der Waals surface area contributed by atoms with Crippen LogP contribution in [0, 0.1) is 0 Å². The minimum atomic E-state index is -0.302. The van der Waals surface area contributed by atoms with Crippen molar-refractivity contribution in [3.63, 3.8) is 0 Å². The molecule has 1 aliphatic rings. The van der Waals surface area contributed by atoms with Gasteiger partial charge in [-0.3, -0.25) is 4.79 Å². The Bertz CT molecular complexity index is 468. The van der Waals surface area contributed by atoms with Gasteiger partial charge in [-0.15, -0.1) is 0 Å². The molecule has 1 N–H and O–H groups in total. The van der Waals surface area contributed by atoms with E-state index in [0.717, 1.165) is 6.42 Å². The number of hydrogen-bond donors (Lipinski definition) is 1. The highest BCUT2D eigenvalue weighted by molar-refractivity contribution is 5.78. The molecule has 0 bridgehead atoms. The van der Waals surface area contributed by atoms with Gasteiger partial charge in [-0.05, 0) is 47.0 Å². The van der Waals surface area contributed by atoms with Crippen LogP contribution in [0.4, 0.5) is 0 Å². The first-order chi connectivity index (χ1) is 15.2. The molecule has 1 rings (SSSR count). The van der Waals surface area contributed by atoms with Crippen LogP contribution >= 0.6 is 0 Å². The van der Waals surface area contributed by atoms with Crippen LogP contribution in [0.3, 0.4) is 0 Å². The number of unbranched alkanes of at least 4 members (excludes halogenated alkanes) is 16. The number of piperidine rings is 1. The molecule has 0 radical (unpaired) electrons. The zero-order valence-electron chi connectivity index (χ0n) is 22.5. The van der Waals surface area contributed by atoms with Gasteiger partial charge in [0.1, 0.15) is 0 Å². The maximum absolute atomic E-state index is 12.9. The third-order valence-corrected chi connectivity index (χ3v) is 7.42. The van der Waals surface area contributed by atoms with Crippen molar-refractivity contribution in [3.8, 4) is 0 Å². The minimum Gasteiger partial charge on any atom is -0.393 e. The molecule has 3 heteroatoms. The first kappa shape index (κ1) is 29.5. The second-order valence-corrected chi connectivity index (χ2v) is 11.8. The normalized spacial score (nSPS) is 18.2. The van der Waals surface area contributed by atoms with Crippen molar-refractivity contribution in [1.29, 1.82) is 0 Å². The fraction of sp³-hybridized carbons (Fsp3) is 0.966. The van der Waals surface area contributed by atoms with Crippen LogP contribution < -0.4 is 0 Å². The van der Waals surface area contributed by atoms with E-state index in [1.807, 2.05) is 0 Å². The number of hydrogen-bond acceptors (Lipinski definition) is 2. The summed E-state index contributed by atoms with van der Waals surface area (Å²) in [5.74, 6) is 0.271. The Balaban J connectivity index is 1.96. The number of aliphatic hydroxyl groups is 1. The number of rotatable bonds is 18. The van der Waals surface area contributed by atoms with Gasteiger partial charge in [0.05, 0.1) is 6.10 Å². The molecule has 0 spiro atoms. The lowest BCUT2D eigenvalue weighted by molar-refractivity contribution is -0.155. The van der Waals surface area contributed by atoms with E-state index in [1.165, 1.54) is 103 Å². The van der Waals surface area contributed by atoms with Crippen LogP contribution in [-0.2, 0) is 4.79 Å². The van der Waals surface area contributed by atoms with Gasteiger partial charge in [-0.1, -0.05) is 110 Å². The largest absolute Gasteiger partial charge is 0.393 e. The summed E-state index contributed by atoms with van der Waals surface area (Å²) in [6.45, 7) is 10.7. The van der Waals surface area contributed by atoms with Gasteiger partial charge in [0.2, 0.25) is 5.91 Å². The summed E-state index contributed by atoms with van der Waals surface area (Å²) in [5.41, 5.74) is -0.514. The fourth-order valence-corrected chi connectivity index (χ4v) is 6.02. The van der Waals surface area contributed by atoms with Gasteiger partial charge in [-0.25, -0.2) is 0 Å².